The molecule has 1 heterocycles. The van der Waals surface area contributed by atoms with E-state index in [0.29, 0.717) is 18.1 Å². The third-order valence-electron chi connectivity index (χ3n) is 2.45. The van der Waals surface area contributed by atoms with Crippen LogP contribution in [0.4, 0.5) is 0 Å². The summed E-state index contributed by atoms with van der Waals surface area (Å²) in [6, 6.07) is 9.14. The number of carbonyl (C=O) groups excluding carboxylic acids is 1. The predicted octanol–water partition coefficient (Wildman–Crippen LogP) is 2.68. The summed E-state index contributed by atoms with van der Waals surface area (Å²) in [5.41, 5.74) is 3.36. The third-order valence-corrected chi connectivity index (χ3v) is 3.16. The van der Waals surface area contributed by atoms with E-state index in [0.717, 1.165) is 5.56 Å². The summed E-state index contributed by atoms with van der Waals surface area (Å²) in [5.74, 6) is 0.832. The summed E-state index contributed by atoms with van der Waals surface area (Å²) in [6.45, 7) is 2.31. The molecule has 0 fully saturated rings. The van der Waals surface area contributed by atoms with E-state index in [9.17, 15) is 4.79 Å². The van der Waals surface area contributed by atoms with Gasteiger partial charge in [-0.2, -0.15) is 16.4 Å². The fourth-order valence-corrected chi connectivity index (χ4v) is 2.16. The molecule has 1 aromatic heterocycles. The Labute approximate surface area is 127 Å². The minimum atomic E-state index is -0.326. The van der Waals surface area contributed by atoms with Gasteiger partial charge in [-0.3, -0.25) is 4.79 Å². The van der Waals surface area contributed by atoms with Crippen LogP contribution in [0.15, 0.2) is 46.2 Å². The van der Waals surface area contributed by atoms with Gasteiger partial charge in [0.1, 0.15) is 0 Å². The van der Waals surface area contributed by atoms with Crippen LogP contribution in [0.2, 0.25) is 0 Å². The van der Waals surface area contributed by atoms with Crippen LogP contribution in [0, 0.1) is 0 Å². The van der Waals surface area contributed by atoms with Crippen molar-refractivity contribution >= 4 is 23.5 Å². The van der Waals surface area contributed by atoms with Crippen molar-refractivity contribution in [3.63, 3.8) is 0 Å². The Bertz CT molecular complexity index is 597. The number of ether oxygens (including phenoxy) is 2. The Morgan fingerprint density at radius 2 is 2.05 bits per heavy atom. The zero-order valence-corrected chi connectivity index (χ0v) is 12.4. The SMILES string of the molecule is CCOc1ccccc1OCC(=O)N/N=C/c1ccsc1. The molecule has 0 spiro atoms. The Hall–Kier alpha value is -2.34. The number of benzene rings is 1. The number of hydrogen-bond acceptors (Lipinski definition) is 5. The first-order chi connectivity index (χ1) is 10.3. The zero-order chi connectivity index (χ0) is 14.9. The first kappa shape index (κ1) is 15.1. The number of hydrazone groups is 1. The maximum atomic E-state index is 11.6. The van der Waals surface area contributed by atoms with Crippen molar-refractivity contribution in [2.45, 2.75) is 6.92 Å². The summed E-state index contributed by atoms with van der Waals surface area (Å²) >= 11 is 1.57. The smallest absolute Gasteiger partial charge is 0.277 e. The molecule has 21 heavy (non-hydrogen) atoms. The maximum absolute atomic E-state index is 11.6. The van der Waals surface area contributed by atoms with Gasteiger partial charge in [-0.05, 0) is 35.9 Å². The maximum Gasteiger partial charge on any atom is 0.277 e. The fraction of sp³-hybridized carbons (Fsp3) is 0.200. The molecule has 1 aromatic carbocycles. The monoisotopic (exact) mass is 304 g/mol. The van der Waals surface area contributed by atoms with Crippen LogP contribution in [-0.4, -0.2) is 25.3 Å². The van der Waals surface area contributed by atoms with Crippen LogP contribution in [0.3, 0.4) is 0 Å². The second kappa shape index (κ2) is 8.06. The molecule has 0 aliphatic rings. The van der Waals surface area contributed by atoms with Gasteiger partial charge in [-0.25, -0.2) is 5.43 Å². The van der Waals surface area contributed by atoms with E-state index in [4.69, 9.17) is 9.47 Å². The second-order valence-corrected chi connectivity index (χ2v) is 4.80. The van der Waals surface area contributed by atoms with Crippen LogP contribution in [-0.2, 0) is 4.79 Å². The van der Waals surface area contributed by atoms with Crippen LogP contribution < -0.4 is 14.9 Å². The van der Waals surface area contributed by atoms with Gasteiger partial charge in [0.15, 0.2) is 18.1 Å². The largest absolute Gasteiger partial charge is 0.490 e. The van der Waals surface area contributed by atoms with Crippen molar-refractivity contribution in [3.8, 4) is 11.5 Å². The lowest BCUT2D eigenvalue weighted by atomic mass is 10.3. The van der Waals surface area contributed by atoms with Gasteiger partial charge < -0.3 is 9.47 Å². The van der Waals surface area contributed by atoms with Crippen molar-refractivity contribution in [1.82, 2.24) is 5.43 Å². The van der Waals surface area contributed by atoms with E-state index in [2.05, 4.69) is 10.5 Å². The Morgan fingerprint density at radius 3 is 2.71 bits per heavy atom. The van der Waals surface area contributed by atoms with Gasteiger partial charge in [0.05, 0.1) is 12.8 Å². The number of rotatable bonds is 7. The summed E-state index contributed by atoms with van der Waals surface area (Å²) < 4.78 is 10.8. The number of nitrogens with zero attached hydrogens (tertiary/aromatic N) is 1. The van der Waals surface area contributed by atoms with Gasteiger partial charge in [0, 0.05) is 5.56 Å². The summed E-state index contributed by atoms with van der Waals surface area (Å²) in [5, 5.41) is 7.73. The molecular formula is C15H16N2O3S. The van der Waals surface area contributed by atoms with Gasteiger partial charge in [0.2, 0.25) is 0 Å². The van der Waals surface area contributed by atoms with E-state index in [1.165, 1.54) is 0 Å². The molecule has 0 atom stereocenters. The molecular weight excluding hydrogens is 288 g/mol. The van der Waals surface area contributed by atoms with Crippen LogP contribution in [0.25, 0.3) is 0 Å². The number of carbonyl (C=O) groups is 1. The molecule has 1 N–H and O–H groups in total. The molecule has 110 valence electrons. The number of para-hydroxylation sites is 2. The van der Waals surface area contributed by atoms with E-state index in [1.807, 2.05) is 35.9 Å². The van der Waals surface area contributed by atoms with E-state index in [-0.39, 0.29) is 12.5 Å². The molecule has 0 radical (unpaired) electrons. The molecule has 5 nitrogen and oxygen atoms in total. The Morgan fingerprint density at radius 1 is 1.29 bits per heavy atom. The Balaban J connectivity index is 1.81. The first-order valence-corrected chi connectivity index (χ1v) is 7.42. The lowest BCUT2D eigenvalue weighted by molar-refractivity contribution is -0.123. The molecule has 1 amide bonds. The van der Waals surface area contributed by atoms with Crippen molar-refractivity contribution in [2.24, 2.45) is 5.10 Å². The minimum Gasteiger partial charge on any atom is -0.490 e. The highest BCUT2D eigenvalue weighted by molar-refractivity contribution is 7.08. The molecule has 0 aliphatic carbocycles. The lowest BCUT2D eigenvalue weighted by Gasteiger charge is -2.10. The van der Waals surface area contributed by atoms with Gasteiger partial charge >= 0.3 is 0 Å². The van der Waals surface area contributed by atoms with Crippen molar-refractivity contribution in [1.29, 1.82) is 0 Å². The van der Waals surface area contributed by atoms with Gasteiger partial charge in [0.25, 0.3) is 5.91 Å². The van der Waals surface area contributed by atoms with Crippen molar-refractivity contribution in [2.75, 3.05) is 13.2 Å². The highest BCUT2D eigenvalue weighted by Gasteiger charge is 2.06. The van der Waals surface area contributed by atoms with Gasteiger partial charge in [-0.15, -0.1) is 0 Å². The normalized spacial score (nSPS) is 10.5. The molecule has 2 aromatic rings. The summed E-state index contributed by atoms with van der Waals surface area (Å²) in [6.07, 6.45) is 1.59. The van der Waals surface area contributed by atoms with Crippen LogP contribution >= 0.6 is 11.3 Å². The number of nitrogens with one attached hydrogen (secondary N) is 1. The fourth-order valence-electron chi connectivity index (χ4n) is 1.55. The molecule has 0 aliphatic heterocycles. The molecule has 0 bridgehead atoms. The highest BCUT2D eigenvalue weighted by Crippen LogP contribution is 2.26. The average molecular weight is 304 g/mol. The molecule has 0 saturated heterocycles. The minimum absolute atomic E-state index is 0.120. The number of hydrogen-bond donors (Lipinski definition) is 1. The summed E-state index contributed by atoms with van der Waals surface area (Å²) in [7, 11) is 0. The quantitative estimate of drug-likeness (QED) is 0.632. The lowest BCUT2D eigenvalue weighted by Crippen LogP contribution is -2.24. The first-order valence-electron chi connectivity index (χ1n) is 6.48. The predicted molar refractivity (Wildman–Crippen MR) is 83.2 cm³/mol. The van der Waals surface area contributed by atoms with Crippen LogP contribution in [0.1, 0.15) is 12.5 Å². The van der Waals surface area contributed by atoms with Crippen molar-refractivity contribution < 1.29 is 14.3 Å². The van der Waals surface area contributed by atoms with E-state index >= 15 is 0 Å². The molecule has 0 unspecified atom stereocenters. The second-order valence-electron chi connectivity index (χ2n) is 4.02. The molecule has 0 saturated carbocycles. The van der Waals surface area contributed by atoms with Crippen LogP contribution in [0.5, 0.6) is 11.5 Å². The highest BCUT2D eigenvalue weighted by atomic mass is 32.1. The van der Waals surface area contributed by atoms with E-state index < -0.39 is 0 Å². The standard InChI is InChI=1S/C15H16N2O3S/c1-2-19-13-5-3-4-6-14(13)20-10-15(18)17-16-9-12-7-8-21-11-12/h3-9,11H,2,10H2,1H3,(H,17,18)/b16-9+. The number of thiophene rings is 1. The Kier molecular flexibility index (Phi) is 5.78. The molecule has 6 heteroatoms. The van der Waals surface area contributed by atoms with E-state index in [1.54, 1.807) is 29.7 Å². The summed E-state index contributed by atoms with van der Waals surface area (Å²) in [4.78, 5) is 11.6. The zero-order valence-electron chi connectivity index (χ0n) is 11.6. The topological polar surface area (TPSA) is 59.9 Å². The van der Waals surface area contributed by atoms with Gasteiger partial charge in [-0.1, -0.05) is 12.1 Å². The molecule has 2 rings (SSSR count). The average Bonchev–Trinajstić information content (AvgIpc) is 3.00. The van der Waals surface area contributed by atoms with Crippen molar-refractivity contribution in [3.05, 3.63) is 46.7 Å². The third kappa shape index (κ3) is 4.92. The number of amides is 1.